The Morgan fingerprint density at radius 1 is 1.25 bits per heavy atom. The maximum atomic E-state index is 12.4. The Hall–Kier alpha value is -1.50. The van der Waals surface area contributed by atoms with Crippen LogP contribution in [0.1, 0.15) is 30.3 Å². The highest BCUT2D eigenvalue weighted by Gasteiger charge is 2.29. The highest BCUT2D eigenvalue weighted by molar-refractivity contribution is 7.18. The molecule has 1 atom stereocenters. The van der Waals surface area contributed by atoms with Gasteiger partial charge in [0.15, 0.2) is 0 Å². The second-order valence-corrected chi connectivity index (χ2v) is 7.52. The van der Waals surface area contributed by atoms with E-state index in [1.54, 1.807) is 11.3 Å². The zero-order valence-corrected chi connectivity index (χ0v) is 14.6. The van der Waals surface area contributed by atoms with Crippen LogP contribution in [0.4, 0.5) is 0 Å². The van der Waals surface area contributed by atoms with Gasteiger partial charge in [0.05, 0.1) is 29.5 Å². The number of morpholine rings is 1. The maximum absolute atomic E-state index is 12.4. The number of fused-ring (bicyclic) bond motifs is 1. The second-order valence-electron chi connectivity index (χ2n) is 6.46. The summed E-state index contributed by atoms with van der Waals surface area (Å²) in [5.74, 6) is 0.258. The summed E-state index contributed by atoms with van der Waals surface area (Å²) in [5, 5.41) is 1.20. The normalized spacial score (nSPS) is 22.3. The SMILES string of the molecule is O=C(CCN1CCC[C@@H]1c1nc2ccccc2s1)N1CCOCC1. The fourth-order valence-electron chi connectivity index (χ4n) is 3.62. The van der Waals surface area contributed by atoms with Crippen molar-refractivity contribution in [1.29, 1.82) is 0 Å². The van der Waals surface area contributed by atoms with E-state index in [1.807, 2.05) is 11.0 Å². The Morgan fingerprint density at radius 2 is 2.08 bits per heavy atom. The first-order valence-corrected chi connectivity index (χ1v) is 9.58. The molecule has 0 spiro atoms. The third kappa shape index (κ3) is 3.31. The van der Waals surface area contributed by atoms with Crippen LogP contribution >= 0.6 is 11.3 Å². The number of aromatic nitrogens is 1. The number of rotatable bonds is 4. The Labute approximate surface area is 146 Å². The average molecular weight is 345 g/mol. The van der Waals surface area contributed by atoms with E-state index in [0.29, 0.717) is 25.7 Å². The van der Waals surface area contributed by atoms with Gasteiger partial charge in [-0.25, -0.2) is 4.98 Å². The molecule has 1 aromatic heterocycles. The fourth-order valence-corrected chi connectivity index (χ4v) is 4.75. The predicted molar refractivity (Wildman–Crippen MR) is 95.2 cm³/mol. The van der Waals surface area contributed by atoms with Crippen molar-refractivity contribution in [1.82, 2.24) is 14.8 Å². The van der Waals surface area contributed by atoms with E-state index in [2.05, 4.69) is 23.1 Å². The van der Waals surface area contributed by atoms with Crippen molar-refractivity contribution < 1.29 is 9.53 Å². The van der Waals surface area contributed by atoms with Gasteiger partial charge < -0.3 is 9.64 Å². The molecule has 3 heterocycles. The standard InChI is InChI=1S/C18H23N3O2S/c22-17(21-10-12-23-13-11-21)7-9-20-8-3-5-15(20)18-19-14-4-1-2-6-16(14)24-18/h1-2,4,6,15H,3,5,7-13H2/t15-/m1/s1. The highest BCUT2D eigenvalue weighted by atomic mass is 32.1. The summed E-state index contributed by atoms with van der Waals surface area (Å²) in [7, 11) is 0. The molecule has 4 rings (SSSR count). The minimum Gasteiger partial charge on any atom is -0.378 e. The summed E-state index contributed by atoms with van der Waals surface area (Å²) in [5.41, 5.74) is 1.09. The molecule has 0 aliphatic carbocycles. The molecule has 128 valence electrons. The van der Waals surface area contributed by atoms with Crippen LogP contribution in [0.3, 0.4) is 0 Å². The minimum atomic E-state index is 0.258. The molecule has 2 aliphatic rings. The molecule has 5 nitrogen and oxygen atoms in total. The van der Waals surface area contributed by atoms with Crippen molar-refractivity contribution in [2.24, 2.45) is 0 Å². The zero-order chi connectivity index (χ0) is 16.4. The topological polar surface area (TPSA) is 45.7 Å². The maximum Gasteiger partial charge on any atom is 0.224 e. The summed E-state index contributed by atoms with van der Waals surface area (Å²) >= 11 is 1.80. The summed E-state index contributed by atoms with van der Waals surface area (Å²) in [6, 6.07) is 8.70. The lowest BCUT2D eigenvalue weighted by molar-refractivity contribution is -0.135. The third-order valence-electron chi connectivity index (χ3n) is 4.94. The quantitative estimate of drug-likeness (QED) is 0.855. The lowest BCUT2D eigenvalue weighted by Crippen LogP contribution is -2.42. The first-order chi connectivity index (χ1) is 11.8. The van der Waals surface area contributed by atoms with Crippen LogP contribution in [-0.2, 0) is 9.53 Å². The van der Waals surface area contributed by atoms with Crippen LogP contribution < -0.4 is 0 Å². The molecular weight excluding hydrogens is 322 g/mol. The number of ether oxygens (including phenoxy) is 1. The molecule has 1 amide bonds. The van der Waals surface area contributed by atoms with Crippen LogP contribution in [0, 0.1) is 0 Å². The van der Waals surface area contributed by atoms with Crippen LogP contribution in [0.25, 0.3) is 10.2 Å². The number of carbonyl (C=O) groups is 1. The first kappa shape index (κ1) is 16.0. The van der Waals surface area contributed by atoms with Crippen molar-refractivity contribution >= 4 is 27.5 Å². The van der Waals surface area contributed by atoms with Crippen molar-refractivity contribution in [3.8, 4) is 0 Å². The van der Waals surface area contributed by atoms with Gasteiger partial charge in [0.2, 0.25) is 5.91 Å². The van der Waals surface area contributed by atoms with Gasteiger partial charge in [-0.3, -0.25) is 9.69 Å². The molecule has 2 fully saturated rings. The number of para-hydroxylation sites is 1. The van der Waals surface area contributed by atoms with Crippen LogP contribution in [-0.4, -0.2) is 60.1 Å². The number of carbonyl (C=O) groups excluding carboxylic acids is 1. The van der Waals surface area contributed by atoms with Gasteiger partial charge in [-0.05, 0) is 31.5 Å². The average Bonchev–Trinajstić information content (AvgIpc) is 3.26. The molecule has 6 heteroatoms. The van der Waals surface area contributed by atoms with Gasteiger partial charge in [0, 0.05) is 26.1 Å². The number of hydrogen-bond acceptors (Lipinski definition) is 5. The Balaban J connectivity index is 1.40. The second kappa shape index (κ2) is 7.17. The van der Waals surface area contributed by atoms with E-state index in [4.69, 9.17) is 9.72 Å². The number of amides is 1. The molecule has 24 heavy (non-hydrogen) atoms. The molecule has 0 unspecified atom stereocenters. The largest absolute Gasteiger partial charge is 0.378 e. The van der Waals surface area contributed by atoms with Gasteiger partial charge in [-0.2, -0.15) is 0 Å². The molecule has 0 saturated carbocycles. The monoisotopic (exact) mass is 345 g/mol. The Morgan fingerprint density at radius 3 is 2.92 bits per heavy atom. The number of nitrogens with zero attached hydrogens (tertiary/aromatic N) is 3. The highest BCUT2D eigenvalue weighted by Crippen LogP contribution is 2.36. The van der Waals surface area contributed by atoms with Gasteiger partial charge in [-0.15, -0.1) is 11.3 Å². The molecule has 1 aromatic carbocycles. The van der Waals surface area contributed by atoms with Crippen LogP contribution in [0.2, 0.25) is 0 Å². The summed E-state index contributed by atoms with van der Waals surface area (Å²) < 4.78 is 6.57. The van der Waals surface area contributed by atoms with Crippen molar-refractivity contribution in [2.45, 2.75) is 25.3 Å². The molecule has 0 radical (unpaired) electrons. The Bertz CT molecular complexity index is 678. The van der Waals surface area contributed by atoms with Gasteiger partial charge in [0.1, 0.15) is 5.01 Å². The van der Waals surface area contributed by atoms with E-state index in [0.717, 1.165) is 38.1 Å². The number of hydrogen-bond donors (Lipinski definition) is 0. The summed E-state index contributed by atoms with van der Waals surface area (Å²) in [6.45, 7) is 4.71. The molecule has 2 aliphatic heterocycles. The van der Waals surface area contributed by atoms with Crippen molar-refractivity contribution in [3.05, 3.63) is 29.3 Å². The lowest BCUT2D eigenvalue weighted by Gasteiger charge is -2.28. The molecular formula is C18H23N3O2S. The number of likely N-dealkylation sites (tertiary alicyclic amines) is 1. The van der Waals surface area contributed by atoms with Crippen molar-refractivity contribution in [2.75, 3.05) is 39.4 Å². The van der Waals surface area contributed by atoms with E-state index >= 15 is 0 Å². The molecule has 0 N–H and O–H groups in total. The lowest BCUT2D eigenvalue weighted by atomic mass is 10.2. The predicted octanol–water partition coefficient (Wildman–Crippen LogP) is 2.68. The van der Waals surface area contributed by atoms with E-state index in [9.17, 15) is 4.79 Å². The smallest absolute Gasteiger partial charge is 0.224 e. The number of benzene rings is 1. The van der Waals surface area contributed by atoms with E-state index in [-0.39, 0.29) is 5.91 Å². The molecule has 2 saturated heterocycles. The van der Waals surface area contributed by atoms with Crippen LogP contribution in [0.5, 0.6) is 0 Å². The van der Waals surface area contributed by atoms with E-state index in [1.165, 1.54) is 16.1 Å². The first-order valence-electron chi connectivity index (χ1n) is 8.76. The zero-order valence-electron chi connectivity index (χ0n) is 13.8. The van der Waals surface area contributed by atoms with Gasteiger partial charge in [0.25, 0.3) is 0 Å². The summed E-state index contributed by atoms with van der Waals surface area (Å²) in [4.78, 5) is 21.6. The van der Waals surface area contributed by atoms with E-state index < -0.39 is 0 Å². The van der Waals surface area contributed by atoms with Gasteiger partial charge in [-0.1, -0.05) is 12.1 Å². The minimum absolute atomic E-state index is 0.258. The summed E-state index contributed by atoms with van der Waals surface area (Å²) in [6.07, 6.45) is 2.93. The van der Waals surface area contributed by atoms with Crippen molar-refractivity contribution in [3.63, 3.8) is 0 Å². The molecule has 2 aromatic rings. The molecule has 0 bridgehead atoms. The number of thiazole rings is 1. The third-order valence-corrected chi connectivity index (χ3v) is 6.07. The fraction of sp³-hybridized carbons (Fsp3) is 0.556. The van der Waals surface area contributed by atoms with Gasteiger partial charge >= 0.3 is 0 Å². The van der Waals surface area contributed by atoms with Crippen LogP contribution in [0.15, 0.2) is 24.3 Å². The Kier molecular flexibility index (Phi) is 4.78.